The third-order valence-corrected chi connectivity index (χ3v) is 6.64. The minimum atomic E-state index is -1.22. The number of carbonyl (C=O) groups is 4. The molecule has 35 heavy (non-hydrogen) atoms. The van der Waals surface area contributed by atoms with E-state index in [-0.39, 0.29) is 18.5 Å². The van der Waals surface area contributed by atoms with E-state index in [1.165, 1.54) is 0 Å². The first kappa shape index (κ1) is 24.5. The van der Waals surface area contributed by atoms with Gasteiger partial charge in [-0.25, -0.2) is 9.59 Å². The van der Waals surface area contributed by atoms with Crippen molar-refractivity contribution in [2.45, 2.75) is 25.8 Å². The molecule has 1 unspecified atom stereocenters. The molecule has 2 N–H and O–H groups in total. The van der Waals surface area contributed by atoms with Crippen molar-refractivity contribution in [2.24, 2.45) is 0 Å². The van der Waals surface area contributed by atoms with Crippen LogP contribution in [-0.2, 0) is 15.1 Å². The Morgan fingerprint density at radius 2 is 1.71 bits per heavy atom. The number of hydrogen-bond acceptors (Lipinski definition) is 4. The highest BCUT2D eigenvalue weighted by Crippen LogP contribution is 2.29. The highest BCUT2D eigenvalue weighted by Gasteiger charge is 2.49. The van der Waals surface area contributed by atoms with E-state index in [9.17, 15) is 19.2 Å². The number of hydrogen-bond donors (Lipinski definition) is 2. The van der Waals surface area contributed by atoms with Crippen LogP contribution in [0.1, 0.15) is 24.5 Å². The van der Waals surface area contributed by atoms with E-state index in [0.717, 1.165) is 10.5 Å². The summed E-state index contributed by atoms with van der Waals surface area (Å²) >= 11 is 5.98. The molecule has 0 radical (unpaired) electrons. The lowest BCUT2D eigenvalue weighted by Gasteiger charge is -2.25. The normalized spacial score (nSPS) is 20.5. The van der Waals surface area contributed by atoms with E-state index >= 15 is 0 Å². The van der Waals surface area contributed by atoms with Gasteiger partial charge in [0.2, 0.25) is 5.91 Å². The fourth-order valence-corrected chi connectivity index (χ4v) is 4.49. The van der Waals surface area contributed by atoms with Crippen molar-refractivity contribution in [3.63, 3.8) is 0 Å². The number of imide groups is 1. The topological polar surface area (TPSA) is 102 Å². The van der Waals surface area contributed by atoms with Crippen LogP contribution < -0.4 is 10.6 Å². The summed E-state index contributed by atoms with van der Waals surface area (Å²) in [5, 5.41) is 6.07. The van der Waals surface area contributed by atoms with Crippen LogP contribution in [0.5, 0.6) is 0 Å². The van der Waals surface area contributed by atoms with Crippen LogP contribution in [0.3, 0.4) is 0 Å². The van der Waals surface area contributed by atoms with Crippen molar-refractivity contribution in [3.05, 3.63) is 64.7 Å². The Hall–Kier alpha value is -3.59. The Morgan fingerprint density at radius 1 is 1.03 bits per heavy atom. The van der Waals surface area contributed by atoms with Crippen molar-refractivity contribution in [1.29, 1.82) is 0 Å². The first-order valence-electron chi connectivity index (χ1n) is 11.5. The molecule has 2 aliphatic rings. The van der Waals surface area contributed by atoms with Gasteiger partial charge in [-0.15, -0.1) is 0 Å². The average Bonchev–Trinajstić information content (AvgIpc) is 2.99. The van der Waals surface area contributed by atoms with E-state index in [4.69, 9.17) is 11.6 Å². The molecule has 0 spiro atoms. The number of rotatable bonds is 4. The maximum Gasteiger partial charge on any atom is 0.325 e. The van der Waals surface area contributed by atoms with E-state index in [1.807, 2.05) is 19.1 Å². The number of nitrogens with one attached hydrogen (secondary N) is 2. The van der Waals surface area contributed by atoms with E-state index in [2.05, 4.69) is 10.6 Å². The third-order valence-electron chi connectivity index (χ3n) is 6.41. The molecule has 0 aliphatic carbocycles. The quantitative estimate of drug-likeness (QED) is 0.633. The van der Waals surface area contributed by atoms with Crippen LogP contribution in [0.2, 0.25) is 5.02 Å². The predicted octanol–water partition coefficient (Wildman–Crippen LogP) is 3.18. The molecule has 0 bridgehead atoms. The summed E-state index contributed by atoms with van der Waals surface area (Å²) in [5.74, 6) is -0.796. The second-order valence-electron chi connectivity index (χ2n) is 8.97. The Labute approximate surface area is 209 Å². The first-order valence-corrected chi connectivity index (χ1v) is 11.9. The number of urea groups is 2. The number of nitrogens with zero attached hydrogens (tertiary/aromatic N) is 3. The summed E-state index contributed by atoms with van der Waals surface area (Å²) < 4.78 is 0. The molecule has 2 aliphatic heterocycles. The molecule has 2 fully saturated rings. The highest BCUT2D eigenvalue weighted by atomic mass is 35.5. The molecule has 4 rings (SSSR count). The van der Waals surface area contributed by atoms with E-state index in [0.29, 0.717) is 48.9 Å². The fraction of sp³-hybridized carbons (Fsp3) is 0.360. The zero-order valence-corrected chi connectivity index (χ0v) is 20.5. The molecule has 9 nitrogen and oxygen atoms in total. The Bertz CT molecular complexity index is 1150. The summed E-state index contributed by atoms with van der Waals surface area (Å²) in [4.78, 5) is 55.6. The summed E-state index contributed by atoms with van der Waals surface area (Å²) in [6, 6.07) is 13.4. The lowest BCUT2D eigenvalue weighted by Crippen LogP contribution is -2.45. The molecule has 10 heteroatoms. The molecule has 1 atom stereocenters. The van der Waals surface area contributed by atoms with Gasteiger partial charge in [0.15, 0.2) is 0 Å². The van der Waals surface area contributed by atoms with Crippen molar-refractivity contribution < 1.29 is 19.2 Å². The number of amides is 6. The summed E-state index contributed by atoms with van der Waals surface area (Å²) in [7, 11) is 0. The molecular formula is C25H28ClN5O4. The van der Waals surface area contributed by atoms with Gasteiger partial charge in [-0.05, 0) is 44.0 Å². The monoisotopic (exact) mass is 497 g/mol. The maximum absolute atomic E-state index is 13.1. The van der Waals surface area contributed by atoms with Crippen LogP contribution in [-0.4, -0.2) is 71.3 Å². The Morgan fingerprint density at radius 3 is 2.43 bits per heavy atom. The van der Waals surface area contributed by atoms with Crippen LogP contribution in [0.15, 0.2) is 48.5 Å². The molecule has 2 aromatic rings. The molecule has 0 saturated carbocycles. The second-order valence-corrected chi connectivity index (χ2v) is 9.41. The SMILES string of the molecule is Cc1ccc(C2(C)NC(=O)N(CC(=O)N3CCCN(C(=O)Nc4cccc(Cl)c4)CC3)C2=O)cc1. The van der Waals surface area contributed by atoms with Gasteiger partial charge in [0.25, 0.3) is 5.91 Å². The fourth-order valence-electron chi connectivity index (χ4n) is 4.30. The zero-order valence-electron chi connectivity index (χ0n) is 19.7. The Balaban J connectivity index is 1.36. The molecular weight excluding hydrogens is 470 g/mol. The molecule has 0 aromatic heterocycles. The number of benzene rings is 2. The minimum Gasteiger partial charge on any atom is -0.339 e. The molecule has 6 amide bonds. The smallest absolute Gasteiger partial charge is 0.325 e. The van der Waals surface area contributed by atoms with Crippen molar-refractivity contribution in [3.8, 4) is 0 Å². The molecule has 184 valence electrons. The van der Waals surface area contributed by atoms with Crippen LogP contribution in [0, 0.1) is 6.92 Å². The summed E-state index contributed by atoms with van der Waals surface area (Å²) in [6.07, 6.45) is 0.579. The van der Waals surface area contributed by atoms with Gasteiger partial charge in [0, 0.05) is 36.9 Å². The first-order chi connectivity index (χ1) is 16.7. The van der Waals surface area contributed by atoms with Gasteiger partial charge >= 0.3 is 12.1 Å². The van der Waals surface area contributed by atoms with Crippen molar-refractivity contribution in [2.75, 3.05) is 38.0 Å². The van der Waals surface area contributed by atoms with Gasteiger partial charge < -0.3 is 20.4 Å². The standard InChI is InChI=1S/C25H28ClN5O4/c1-17-7-9-18(10-8-17)25(2)22(33)31(24(35)28-25)16-21(32)29-11-4-12-30(14-13-29)23(34)27-20-6-3-5-19(26)15-20/h3,5-10,15H,4,11-14,16H2,1-2H3,(H,27,34)(H,28,35). The predicted molar refractivity (Wildman–Crippen MR) is 132 cm³/mol. The number of carbonyl (C=O) groups excluding carboxylic acids is 4. The number of aryl methyl sites for hydroxylation is 1. The van der Waals surface area contributed by atoms with Gasteiger partial charge in [-0.1, -0.05) is 47.5 Å². The molecule has 2 heterocycles. The van der Waals surface area contributed by atoms with E-state index in [1.54, 1.807) is 53.1 Å². The number of anilines is 1. The summed E-state index contributed by atoms with van der Waals surface area (Å²) in [5.41, 5.74) is 1.07. The average molecular weight is 498 g/mol. The lowest BCUT2D eigenvalue weighted by molar-refractivity contribution is -0.138. The second kappa shape index (κ2) is 9.95. The van der Waals surface area contributed by atoms with Gasteiger partial charge in [0.05, 0.1) is 0 Å². The zero-order chi connectivity index (χ0) is 25.2. The maximum atomic E-state index is 13.1. The van der Waals surface area contributed by atoms with Crippen molar-refractivity contribution in [1.82, 2.24) is 20.0 Å². The Kier molecular flexibility index (Phi) is 6.98. The van der Waals surface area contributed by atoms with Gasteiger partial charge in [-0.2, -0.15) is 0 Å². The largest absolute Gasteiger partial charge is 0.339 e. The molecule has 2 aromatic carbocycles. The molecule has 2 saturated heterocycles. The summed E-state index contributed by atoms with van der Waals surface area (Å²) in [6.45, 7) is 4.78. The highest BCUT2D eigenvalue weighted by molar-refractivity contribution is 6.30. The minimum absolute atomic E-state index is 0.274. The third kappa shape index (κ3) is 5.24. The van der Waals surface area contributed by atoms with Crippen molar-refractivity contribution >= 4 is 41.2 Å². The van der Waals surface area contributed by atoms with Gasteiger partial charge in [0.1, 0.15) is 12.1 Å². The lowest BCUT2D eigenvalue weighted by atomic mass is 9.91. The van der Waals surface area contributed by atoms with Crippen LogP contribution in [0.4, 0.5) is 15.3 Å². The van der Waals surface area contributed by atoms with E-state index < -0.39 is 17.5 Å². The van der Waals surface area contributed by atoms with Crippen LogP contribution >= 0.6 is 11.6 Å². The van der Waals surface area contributed by atoms with Gasteiger partial charge in [-0.3, -0.25) is 14.5 Å². The van der Waals surface area contributed by atoms with Crippen LogP contribution in [0.25, 0.3) is 0 Å². The number of halogens is 1.